The van der Waals surface area contributed by atoms with Gasteiger partial charge in [0.15, 0.2) is 0 Å². The summed E-state index contributed by atoms with van der Waals surface area (Å²) in [6.45, 7) is 4.21. The van der Waals surface area contributed by atoms with Gasteiger partial charge in [0.05, 0.1) is 6.10 Å². The van der Waals surface area contributed by atoms with Gasteiger partial charge in [-0.25, -0.2) is 0 Å². The zero-order valence-electron chi connectivity index (χ0n) is 12.2. The molecule has 2 aliphatic rings. The van der Waals surface area contributed by atoms with E-state index < -0.39 is 6.10 Å². The van der Waals surface area contributed by atoms with Crippen molar-refractivity contribution in [2.75, 3.05) is 18.0 Å². The van der Waals surface area contributed by atoms with Crippen LogP contribution in [0, 0.1) is 11.8 Å². The third-order valence-corrected chi connectivity index (χ3v) is 5.78. The van der Waals surface area contributed by atoms with Crippen molar-refractivity contribution in [2.24, 2.45) is 11.8 Å². The number of nitrogens with zero attached hydrogens (tertiary/aromatic N) is 1. The van der Waals surface area contributed by atoms with Crippen molar-refractivity contribution in [2.45, 2.75) is 45.1 Å². The standard InChI is InChI=1S/C17H24BrNO/c1-12(20)16-7-6-15(10-17(16)18)19-9-8-13-4-2-3-5-14(13)11-19/h6-7,10,12-14,20H,2-5,8-9,11H2,1H3/t12-,13?,14?/m0/s1. The van der Waals surface area contributed by atoms with E-state index in [1.807, 2.05) is 6.92 Å². The number of rotatable bonds is 2. The Hall–Kier alpha value is -0.540. The first kappa shape index (κ1) is 14.4. The van der Waals surface area contributed by atoms with E-state index in [-0.39, 0.29) is 0 Å². The molecule has 1 saturated carbocycles. The van der Waals surface area contributed by atoms with Crippen LogP contribution in [0.25, 0.3) is 0 Å². The quantitative estimate of drug-likeness (QED) is 0.857. The van der Waals surface area contributed by atoms with Crippen molar-refractivity contribution in [3.63, 3.8) is 0 Å². The summed E-state index contributed by atoms with van der Waals surface area (Å²) in [4.78, 5) is 2.53. The second-order valence-electron chi connectivity index (χ2n) is 6.42. The van der Waals surface area contributed by atoms with Gasteiger partial charge in [0.2, 0.25) is 0 Å². The minimum absolute atomic E-state index is 0.414. The van der Waals surface area contributed by atoms with Gasteiger partial charge in [0.25, 0.3) is 0 Å². The van der Waals surface area contributed by atoms with E-state index in [2.05, 4.69) is 39.0 Å². The van der Waals surface area contributed by atoms with E-state index in [0.29, 0.717) is 0 Å². The Kier molecular flexibility index (Phi) is 4.37. The van der Waals surface area contributed by atoms with Crippen molar-refractivity contribution in [1.82, 2.24) is 0 Å². The summed E-state index contributed by atoms with van der Waals surface area (Å²) in [6, 6.07) is 6.39. The SMILES string of the molecule is C[C@H](O)c1ccc(N2CCC3CCCCC3C2)cc1Br. The number of hydrogen-bond acceptors (Lipinski definition) is 2. The number of aliphatic hydroxyl groups excluding tert-OH is 1. The first-order valence-corrected chi connectivity index (χ1v) is 8.67. The molecule has 2 unspecified atom stereocenters. The van der Waals surface area contributed by atoms with Crippen LogP contribution in [-0.2, 0) is 0 Å². The number of hydrogen-bond donors (Lipinski definition) is 1. The fourth-order valence-electron chi connectivity index (χ4n) is 3.89. The Balaban J connectivity index is 1.75. The van der Waals surface area contributed by atoms with Crippen molar-refractivity contribution in [1.29, 1.82) is 0 Å². The van der Waals surface area contributed by atoms with Gasteiger partial charge < -0.3 is 10.0 Å². The first-order valence-electron chi connectivity index (χ1n) is 7.87. The first-order chi connectivity index (χ1) is 9.65. The third kappa shape index (κ3) is 2.89. The molecule has 3 atom stereocenters. The molecule has 1 aliphatic heterocycles. The molecule has 0 radical (unpaired) electrons. The average Bonchev–Trinajstić information content (AvgIpc) is 2.46. The van der Waals surface area contributed by atoms with Crippen LogP contribution in [0.3, 0.4) is 0 Å². The summed E-state index contributed by atoms with van der Waals surface area (Å²) in [5, 5.41) is 9.72. The highest BCUT2D eigenvalue weighted by molar-refractivity contribution is 9.10. The fourth-order valence-corrected chi connectivity index (χ4v) is 4.58. The number of fused-ring (bicyclic) bond motifs is 1. The minimum atomic E-state index is -0.414. The monoisotopic (exact) mass is 337 g/mol. The molecule has 3 heteroatoms. The van der Waals surface area contributed by atoms with Crippen LogP contribution in [0.15, 0.2) is 22.7 Å². The lowest BCUT2D eigenvalue weighted by Crippen LogP contribution is -2.41. The fraction of sp³-hybridized carbons (Fsp3) is 0.647. The molecule has 110 valence electrons. The summed E-state index contributed by atoms with van der Waals surface area (Å²) < 4.78 is 1.02. The van der Waals surface area contributed by atoms with Gasteiger partial charge in [-0.2, -0.15) is 0 Å². The van der Waals surface area contributed by atoms with E-state index in [0.717, 1.165) is 21.9 Å². The van der Waals surface area contributed by atoms with Crippen LogP contribution < -0.4 is 4.90 Å². The van der Waals surface area contributed by atoms with E-state index in [1.165, 1.54) is 50.9 Å². The molecular weight excluding hydrogens is 314 g/mol. The maximum absolute atomic E-state index is 9.72. The van der Waals surface area contributed by atoms with Gasteiger partial charge >= 0.3 is 0 Å². The molecule has 2 fully saturated rings. The second-order valence-corrected chi connectivity index (χ2v) is 7.28. The normalized spacial score (nSPS) is 28.1. The molecular formula is C17H24BrNO. The molecule has 3 rings (SSSR count). The molecule has 0 bridgehead atoms. The summed E-state index contributed by atoms with van der Waals surface area (Å²) in [5.41, 5.74) is 2.27. The van der Waals surface area contributed by atoms with Crippen molar-refractivity contribution < 1.29 is 5.11 Å². The lowest BCUT2D eigenvalue weighted by Gasteiger charge is -2.42. The van der Waals surface area contributed by atoms with Crippen molar-refractivity contribution in [3.05, 3.63) is 28.2 Å². The lowest BCUT2D eigenvalue weighted by atomic mass is 9.75. The highest BCUT2D eigenvalue weighted by atomic mass is 79.9. The average molecular weight is 338 g/mol. The van der Waals surface area contributed by atoms with Crippen LogP contribution in [0.5, 0.6) is 0 Å². The number of piperidine rings is 1. The predicted molar refractivity (Wildman–Crippen MR) is 87.1 cm³/mol. The molecule has 1 aromatic rings. The minimum Gasteiger partial charge on any atom is -0.389 e. The highest BCUT2D eigenvalue weighted by Gasteiger charge is 2.31. The van der Waals surface area contributed by atoms with Crippen LogP contribution in [-0.4, -0.2) is 18.2 Å². The molecule has 0 amide bonds. The smallest absolute Gasteiger partial charge is 0.0772 e. The molecule has 1 heterocycles. The Morgan fingerprint density at radius 3 is 2.65 bits per heavy atom. The number of aliphatic hydroxyl groups is 1. The van der Waals surface area contributed by atoms with E-state index >= 15 is 0 Å². The Morgan fingerprint density at radius 2 is 1.95 bits per heavy atom. The molecule has 0 aromatic heterocycles. The van der Waals surface area contributed by atoms with Gasteiger partial charge in [-0.3, -0.25) is 0 Å². The molecule has 2 nitrogen and oxygen atoms in total. The van der Waals surface area contributed by atoms with Crippen LogP contribution in [0.1, 0.15) is 50.7 Å². The van der Waals surface area contributed by atoms with Gasteiger partial charge in [0.1, 0.15) is 0 Å². The lowest BCUT2D eigenvalue weighted by molar-refractivity contribution is 0.198. The molecule has 1 aliphatic carbocycles. The molecule has 20 heavy (non-hydrogen) atoms. The van der Waals surface area contributed by atoms with Crippen molar-refractivity contribution in [3.8, 4) is 0 Å². The van der Waals surface area contributed by atoms with Crippen LogP contribution in [0.4, 0.5) is 5.69 Å². The summed E-state index contributed by atoms with van der Waals surface area (Å²) in [5.74, 6) is 1.87. The van der Waals surface area contributed by atoms with Crippen LogP contribution in [0.2, 0.25) is 0 Å². The number of benzene rings is 1. The summed E-state index contributed by atoms with van der Waals surface area (Å²) in [7, 11) is 0. The predicted octanol–water partition coefficient (Wildman–Crippen LogP) is 4.52. The zero-order valence-corrected chi connectivity index (χ0v) is 13.8. The maximum Gasteiger partial charge on any atom is 0.0772 e. The van der Waals surface area contributed by atoms with E-state index in [9.17, 15) is 5.11 Å². The summed E-state index contributed by atoms with van der Waals surface area (Å²) in [6.07, 6.45) is 6.65. The maximum atomic E-state index is 9.72. The number of anilines is 1. The second kappa shape index (κ2) is 6.07. The Bertz CT molecular complexity index is 474. The number of halogens is 1. The Labute approximate surface area is 130 Å². The largest absolute Gasteiger partial charge is 0.389 e. The van der Waals surface area contributed by atoms with E-state index in [1.54, 1.807) is 0 Å². The zero-order chi connectivity index (χ0) is 14.1. The van der Waals surface area contributed by atoms with Gasteiger partial charge in [-0.1, -0.05) is 41.3 Å². The molecule has 1 aromatic carbocycles. The van der Waals surface area contributed by atoms with Crippen molar-refractivity contribution >= 4 is 21.6 Å². The molecule has 1 saturated heterocycles. The van der Waals surface area contributed by atoms with Gasteiger partial charge in [-0.05, 0) is 49.3 Å². The van der Waals surface area contributed by atoms with E-state index in [4.69, 9.17) is 0 Å². The van der Waals surface area contributed by atoms with Gasteiger partial charge in [0, 0.05) is 23.2 Å². The Morgan fingerprint density at radius 1 is 1.20 bits per heavy atom. The van der Waals surface area contributed by atoms with Gasteiger partial charge in [-0.15, -0.1) is 0 Å². The van der Waals surface area contributed by atoms with Crippen LogP contribution >= 0.6 is 15.9 Å². The summed E-state index contributed by atoms with van der Waals surface area (Å²) >= 11 is 3.60. The molecule has 0 spiro atoms. The molecule has 1 N–H and O–H groups in total. The topological polar surface area (TPSA) is 23.5 Å². The highest BCUT2D eigenvalue weighted by Crippen LogP contribution is 2.38. The third-order valence-electron chi connectivity index (χ3n) is 5.09.